The van der Waals surface area contributed by atoms with E-state index in [0.29, 0.717) is 19.0 Å². The minimum atomic E-state index is -3.63. The summed E-state index contributed by atoms with van der Waals surface area (Å²) in [6, 6.07) is 1.38. The number of halogens is 1. The third-order valence-corrected chi connectivity index (χ3v) is 4.40. The van der Waals surface area contributed by atoms with Gasteiger partial charge in [0.1, 0.15) is 10.7 Å². The average Bonchev–Trinajstić information content (AvgIpc) is 2.44. The number of nitrogens with one attached hydrogen (secondary N) is 1. The predicted octanol–water partition coefficient (Wildman–Crippen LogP) is 0.742. The van der Waals surface area contributed by atoms with Gasteiger partial charge in [-0.1, -0.05) is 11.6 Å². The molecule has 21 heavy (non-hydrogen) atoms. The van der Waals surface area contributed by atoms with Crippen LogP contribution in [0.15, 0.2) is 17.2 Å². The molecule has 1 rings (SSSR count). The van der Waals surface area contributed by atoms with Crippen LogP contribution in [0.3, 0.4) is 0 Å². The SMILES string of the molecule is COCCNS(=O)(=O)c1cnc(N(C)CCOC)c(Cl)c1. The molecule has 0 fully saturated rings. The van der Waals surface area contributed by atoms with Crippen molar-refractivity contribution in [3.8, 4) is 0 Å². The van der Waals surface area contributed by atoms with Crippen LogP contribution in [0.25, 0.3) is 0 Å². The van der Waals surface area contributed by atoms with Crippen LogP contribution in [-0.4, -0.2) is 61.0 Å². The van der Waals surface area contributed by atoms with Gasteiger partial charge < -0.3 is 14.4 Å². The van der Waals surface area contributed by atoms with Crippen LogP contribution in [0.4, 0.5) is 5.82 Å². The number of pyridine rings is 1. The van der Waals surface area contributed by atoms with Gasteiger partial charge in [0, 0.05) is 40.6 Å². The van der Waals surface area contributed by atoms with Crippen LogP contribution >= 0.6 is 11.6 Å². The van der Waals surface area contributed by atoms with Crippen molar-refractivity contribution in [1.29, 1.82) is 0 Å². The van der Waals surface area contributed by atoms with Crippen LogP contribution in [0.1, 0.15) is 0 Å². The van der Waals surface area contributed by atoms with Crippen molar-refractivity contribution in [1.82, 2.24) is 9.71 Å². The number of aromatic nitrogens is 1. The number of methoxy groups -OCH3 is 2. The summed E-state index contributed by atoms with van der Waals surface area (Å²) in [5.41, 5.74) is 0. The molecule has 1 aromatic rings. The fraction of sp³-hybridized carbons (Fsp3) is 0.583. The lowest BCUT2D eigenvalue weighted by molar-refractivity contribution is 0.204. The Morgan fingerprint density at radius 3 is 2.57 bits per heavy atom. The normalized spacial score (nSPS) is 11.6. The lowest BCUT2D eigenvalue weighted by atomic mass is 10.4. The summed E-state index contributed by atoms with van der Waals surface area (Å²) in [7, 11) is 1.27. The molecule has 1 aromatic heterocycles. The highest BCUT2D eigenvalue weighted by molar-refractivity contribution is 7.89. The fourth-order valence-corrected chi connectivity index (χ4v) is 2.90. The first-order valence-corrected chi connectivity index (χ1v) is 8.12. The largest absolute Gasteiger partial charge is 0.383 e. The van der Waals surface area contributed by atoms with Gasteiger partial charge in [0.15, 0.2) is 0 Å². The zero-order valence-electron chi connectivity index (χ0n) is 12.3. The Kier molecular flexibility index (Phi) is 7.33. The summed E-state index contributed by atoms with van der Waals surface area (Å²) in [5.74, 6) is 0.504. The maximum atomic E-state index is 12.0. The molecule has 0 atom stereocenters. The minimum Gasteiger partial charge on any atom is -0.383 e. The van der Waals surface area contributed by atoms with Crippen molar-refractivity contribution >= 4 is 27.4 Å². The second kappa shape index (κ2) is 8.50. The van der Waals surface area contributed by atoms with E-state index < -0.39 is 10.0 Å². The monoisotopic (exact) mass is 337 g/mol. The maximum absolute atomic E-state index is 12.0. The second-order valence-corrected chi connectivity index (χ2v) is 6.46. The van der Waals surface area contributed by atoms with Crippen molar-refractivity contribution in [2.75, 3.05) is 52.5 Å². The number of anilines is 1. The lowest BCUT2D eigenvalue weighted by Crippen LogP contribution is -2.28. The zero-order chi connectivity index (χ0) is 15.9. The number of rotatable bonds is 9. The second-order valence-electron chi connectivity index (χ2n) is 4.28. The molecular formula is C12H20ClN3O4S. The average molecular weight is 338 g/mol. The van der Waals surface area contributed by atoms with Gasteiger partial charge in [-0.2, -0.15) is 0 Å². The number of hydrogen-bond acceptors (Lipinski definition) is 6. The standard InChI is InChI=1S/C12H20ClN3O4S/c1-16(5-7-20-3)12-11(13)8-10(9-14-12)21(17,18)15-4-6-19-2/h8-9,15H,4-7H2,1-3H3. The summed E-state index contributed by atoms with van der Waals surface area (Å²) in [4.78, 5) is 5.93. The Labute approximate surface area is 130 Å². The van der Waals surface area contributed by atoms with Crippen LogP contribution in [-0.2, 0) is 19.5 Å². The van der Waals surface area contributed by atoms with Crippen LogP contribution < -0.4 is 9.62 Å². The number of ether oxygens (including phenoxy) is 2. The fourth-order valence-electron chi connectivity index (χ4n) is 1.54. The van der Waals surface area contributed by atoms with E-state index in [1.807, 2.05) is 0 Å². The Hall–Kier alpha value is -0.930. The molecule has 120 valence electrons. The molecule has 0 aliphatic heterocycles. The Morgan fingerprint density at radius 2 is 2.00 bits per heavy atom. The molecule has 1 N–H and O–H groups in total. The minimum absolute atomic E-state index is 0.0208. The van der Waals surface area contributed by atoms with Crippen LogP contribution in [0, 0.1) is 0 Å². The number of nitrogens with zero attached hydrogens (tertiary/aromatic N) is 2. The molecular weight excluding hydrogens is 318 g/mol. The quantitative estimate of drug-likeness (QED) is 0.669. The zero-order valence-corrected chi connectivity index (χ0v) is 13.9. The number of likely N-dealkylation sites (N-methyl/N-ethyl adjacent to an activating group) is 1. The van der Waals surface area contributed by atoms with E-state index in [2.05, 4.69) is 9.71 Å². The predicted molar refractivity (Wildman–Crippen MR) is 81.5 cm³/mol. The van der Waals surface area contributed by atoms with Gasteiger partial charge >= 0.3 is 0 Å². The van der Waals surface area contributed by atoms with Gasteiger partial charge in [-0.15, -0.1) is 0 Å². The first-order chi connectivity index (χ1) is 9.92. The van der Waals surface area contributed by atoms with Crippen molar-refractivity contribution in [3.63, 3.8) is 0 Å². The number of sulfonamides is 1. The van der Waals surface area contributed by atoms with Gasteiger partial charge in [0.25, 0.3) is 0 Å². The van der Waals surface area contributed by atoms with Crippen molar-refractivity contribution < 1.29 is 17.9 Å². The van der Waals surface area contributed by atoms with Gasteiger partial charge in [-0.25, -0.2) is 18.1 Å². The topological polar surface area (TPSA) is 80.8 Å². The molecule has 0 amide bonds. The highest BCUT2D eigenvalue weighted by Gasteiger charge is 2.17. The first-order valence-electron chi connectivity index (χ1n) is 6.26. The lowest BCUT2D eigenvalue weighted by Gasteiger charge is -2.19. The van der Waals surface area contributed by atoms with E-state index in [0.717, 1.165) is 0 Å². The molecule has 0 spiro atoms. The molecule has 0 unspecified atom stereocenters. The van der Waals surface area contributed by atoms with Gasteiger partial charge in [0.05, 0.1) is 18.2 Å². The first kappa shape index (κ1) is 18.1. The van der Waals surface area contributed by atoms with E-state index in [4.69, 9.17) is 21.1 Å². The summed E-state index contributed by atoms with van der Waals surface area (Å²) in [5, 5.41) is 0.267. The molecule has 9 heteroatoms. The molecule has 0 aliphatic rings. The molecule has 0 aromatic carbocycles. The molecule has 0 saturated heterocycles. The van der Waals surface area contributed by atoms with E-state index >= 15 is 0 Å². The van der Waals surface area contributed by atoms with Gasteiger partial charge in [-0.05, 0) is 6.07 Å². The van der Waals surface area contributed by atoms with E-state index in [1.54, 1.807) is 19.1 Å². The van der Waals surface area contributed by atoms with Crippen molar-refractivity contribution in [3.05, 3.63) is 17.3 Å². The van der Waals surface area contributed by atoms with E-state index in [9.17, 15) is 8.42 Å². The maximum Gasteiger partial charge on any atom is 0.242 e. The smallest absolute Gasteiger partial charge is 0.242 e. The van der Waals surface area contributed by atoms with Gasteiger partial charge in [-0.3, -0.25) is 0 Å². The third kappa shape index (κ3) is 5.40. The summed E-state index contributed by atoms with van der Waals surface area (Å²) < 4.78 is 36.2. The van der Waals surface area contributed by atoms with E-state index in [-0.39, 0.29) is 23.1 Å². The molecule has 7 nitrogen and oxygen atoms in total. The number of hydrogen-bond donors (Lipinski definition) is 1. The Morgan fingerprint density at radius 1 is 1.33 bits per heavy atom. The molecule has 0 saturated carbocycles. The van der Waals surface area contributed by atoms with Gasteiger partial charge in [0.2, 0.25) is 10.0 Å². The van der Waals surface area contributed by atoms with E-state index in [1.165, 1.54) is 19.4 Å². The van der Waals surface area contributed by atoms with Crippen LogP contribution in [0.2, 0.25) is 5.02 Å². The molecule has 1 heterocycles. The third-order valence-electron chi connectivity index (χ3n) is 2.70. The summed E-state index contributed by atoms with van der Waals surface area (Å²) >= 11 is 6.11. The van der Waals surface area contributed by atoms with Crippen LogP contribution in [0.5, 0.6) is 0 Å². The molecule has 0 bridgehead atoms. The Balaban J connectivity index is 2.86. The molecule has 0 radical (unpaired) electrons. The highest BCUT2D eigenvalue weighted by Crippen LogP contribution is 2.24. The molecule has 0 aliphatic carbocycles. The Bertz CT molecular complexity index is 553. The highest BCUT2D eigenvalue weighted by atomic mass is 35.5. The summed E-state index contributed by atoms with van der Waals surface area (Å²) in [6.07, 6.45) is 1.28. The summed E-state index contributed by atoms with van der Waals surface area (Å²) in [6.45, 7) is 1.60. The van der Waals surface area contributed by atoms with Crippen molar-refractivity contribution in [2.24, 2.45) is 0 Å². The van der Waals surface area contributed by atoms with Crippen molar-refractivity contribution in [2.45, 2.75) is 4.90 Å².